The van der Waals surface area contributed by atoms with E-state index < -0.39 is 0 Å². The third-order valence-corrected chi connectivity index (χ3v) is 9.85. The molecule has 10 rings (SSSR count). The van der Waals surface area contributed by atoms with Crippen molar-refractivity contribution in [2.45, 2.75) is 0 Å². The van der Waals surface area contributed by atoms with Gasteiger partial charge in [0.2, 0.25) is 0 Å². The van der Waals surface area contributed by atoms with E-state index in [-0.39, 0.29) is 0 Å². The molecule has 0 aliphatic rings. The molecule has 0 saturated carbocycles. The fourth-order valence-electron chi connectivity index (χ4n) is 7.88. The van der Waals surface area contributed by atoms with Crippen LogP contribution in [0.1, 0.15) is 0 Å². The smallest absolute Gasteiger partial charge is 0.194 e. The van der Waals surface area contributed by atoms with Crippen LogP contribution in [0.4, 0.5) is 5.69 Å². The first-order valence-electron chi connectivity index (χ1n) is 15.9. The number of fused-ring (bicyclic) bond motifs is 10. The third-order valence-electron chi connectivity index (χ3n) is 9.85. The van der Waals surface area contributed by atoms with Gasteiger partial charge in [-0.15, -0.1) is 0 Å². The van der Waals surface area contributed by atoms with Gasteiger partial charge >= 0.3 is 0 Å². The summed E-state index contributed by atoms with van der Waals surface area (Å²) in [7, 11) is 0. The molecule has 0 fully saturated rings. The summed E-state index contributed by atoms with van der Waals surface area (Å²) in [6.45, 7) is 7.81. The first kappa shape index (κ1) is 25.9. The van der Waals surface area contributed by atoms with Crippen molar-refractivity contribution < 1.29 is 4.42 Å². The molecule has 216 valence electrons. The molecule has 0 N–H and O–H groups in total. The molecule has 2 heteroatoms. The van der Waals surface area contributed by atoms with Crippen LogP contribution >= 0.6 is 0 Å². The largest absolute Gasteiger partial charge is 0.455 e. The zero-order valence-corrected chi connectivity index (χ0v) is 25.3. The molecule has 0 aliphatic carbocycles. The van der Waals surface area contributed by atoms with Crippen molar-refractivity contribution in [1.29, 1.82) is 0 Å². The zero-order chi connectivity index (χ0) is 31.1. The van der Waals surface area contributed by atoms with Crippen molar-refractivity contribution in [2.24, 2.45) is 0 Å². The summed E-state index contributed by atoms with van der Waals surface area (Å²) in [5.74, 6) is 0. The molecule has 1 aromatic heterocycles. The Morgan fingerprint density at radius 1 is 0.404 bits per heavy atom. The Morgan fingerprint density at radius 3 is 1.55 bits per heavy atom. The fourth-order valence-corrected chi connectivity index (χ4v) is 7.88. The Balaban J connectivity index is 1.41. The van der Waals surface area contributed by atoms with Crippen LogP contribution in [0.2, 0.25) is 0 Å². The highest BCUT2D eigenvalue weighted by Crippen LogP contribution is 2.50. The predicted octanol–water partition coefficient (Wildman–Crippen LogP) is 13.2. The van der Waals surface area contributed by atoms with Crippen LogP contribution in [0, 0.1) is 6.57 Å². The molecule has 9 aromatic carbocycles. The standard InChI is InChI=1S/C45H25NO/c1-46-39-24-23-37(31-16-6-7-17-32(31)39)41-33-18-8-10-20-35(33)42(36-21-11-9-19-34(36)41)38-26-28-13-3-5-15-30(28)44-43-29-14-4-2-12-27(29)22-25-40(43)47-45(38)44/h2-26H. The van der Waals surface area contributed by atoms with Crippen LogP contribution in [-0.2, 0) is 0 Å². The molecule has 0 bridgehead atoms. The summed E-state index contributed by atoms with van der Waals surface area (Å²) >= 11 is 0. The van der Waals surface area contributed by atoms with E-state index >= 15 is 0 Å². The molecule has 0 spiro atoms. The van der Waals surface area contributed by atoms with Crippen molar-refractivity contribution in [1.82, 2.24) is 0 Å². The third kappa shape index (κ3) is 3.60. The van der Waals surface area contributed by atoms with Crippen molar-refractivity contribution in [3.63, 3.8) is 0 Å². The maximum absolute atomic E-state index is 7.81. The Hall–Kier alpha value is -6.43. The van der Waals surface area contributed by atoms with Gasteiger partial charge in [-0.2, -0.15) is 0 Å². The van der Waals surface area contributed by atoms with E-state index in [0.29, 0.717) is 5.69 Å². The first-order chi connectivity index (χ1) is 23.3. The van der Waals surface area contributed by atoms with Crippen molar-refractivity contribution in [2.75, 3.05) is 0 Å². The highest BCUT2D eigenvalue weighted by Gasteiger charge is 2.23. The quantitative estimate of drug-likeness (QED) is 0.144. The van der Waals surface area contributed by atoms with Crippen molar-refractivity contribution in [3.05, 3.63) is 163 Å². The molecule has 0 saturated heterocycles. The predicted molar refractivity (Wildman–Crippen MR) is 198 cm³/mol. The molecule has 0 aliphatic heterocycles. The summed E-state index contributed by atoms with van der Waals surface area (Å²) in [4.78, 5) is 3.84. The minimum absolute atomic E-state index is 0.672. The van der Waals surface area contributed by atoms with Crippen LogP contribution in [0.25, 0.3) is 103 Å². The van der Waals surface area contributed by atoms with Crippen LogP contribution in [0.15, 0.2) is 156 Å². The Labute approximate surface area is 270 Å². The lowest BCUT2D eigenvalue weighted by atomic mass is 9.83. The zero-order valence-electron chi connectivity index (χ0n) is 25.3. The topological polar surface area (TPSA) is 17.5 Å². The Kier molecular flexibility index (Phi) is 5.38. The van der Waals surface area contributed by atoms with Crippen molar-refractivity contribution >= 4 is 81.5 Å². The van der Waals surface area contributed by atoms with Crippen LogP contribution < -0.4 is 0 Å². The lowest BCUT2D eigenvalue weighted by Crippen LogP contribution is -1.92. The van der Waals surface area contributed by atoms with Crippen molar-refractivity contribution in [3.8, 4) is 22.3 Å². The van der Waals surface area contributed by atoms with Crippen LogP contribution in [-0.4, -0.2) is 0 Å². The Morgan fingerprint density at radius 2 is 0.915 bits per heavy atom. The molecule has 0 radical (unpaired) electrons. The minimum Gasteiger partial charge on any atom is -0.455 e. The lowest BCUT2D eigenvalue weighted by molar-refractivity contribution is 0.670. The van der Waals surface area contributed by atoms with E-state index in [0.717, 1.165) is 43.8 Å². The van der Waals surface area contributed by atoms with Gasteiger partial charge in [0.1, 0.15) is 11.2 Å². The summed E-state index contributed by atoms with van der Waals surface area (Å²) in [6.07, 6.45) is 0. The summed E-state index contributed by atoms with van der Waals surface area (Å²) in [5.41, 5.74) is 7.04. The number of benzene rings is 9. The monoisotopic (exact) mass is 595 g/mol. The van der Waals surface area contributed by atoms with Gasteiger partial charge in [0.15, 0.2) is 5.69 Å². The van der Waals surface area contributed by atoms with Gasteiger partial charge in [0.05, 0.1) is 6.57 Å². The van der Waals surface area contributed by atoms with Gasteiger partial charge in [0, 0.05) is 21.9 Å². The Bertz CT molecular complexity index is 2920. The first-order valence-corrected chi connectivity index (χ1v) is 15.9. The van der Waals surface area contributed by atoms with Gasteiger partial charge in [0.25, 0.3) is 0 Å². The maximum atomic E-state index is 7.81. The average molecular weight is 596 g/mol. The average Bonchev–Trinajstić information content (AvgIpc) is 3.54. The molecule has 0 amide bonds. The van der Waals surface area contributed by atoms with E-state index in [4.69, 9.17) is 11.0 Å². The van der Waals surface area contributed by atoms with E-state index in [2.05, 4.69) is 144 Å². The second-order valence-corrected chi connectivity index (χ2v) is 12.2. The lowest BCUT2D eigenvalue weighted by Gasteiger charge is -2.19. The molecule has 2 nitrogen and oxygen atoms in total. The summed E-state index contributed by atoms with van der Waals surface area (Å²) in [6, 6.07) is 53.7. The second-order valence-electron chi connectivity index (χ2n) is 12.2. The maximum Gasteiger partial charge on any atom is 0.194 e. The molecular formula is C45H25NO. The highest BCUT2D eigenvalue weighted by atomic mass is 16.3. The minimum atomic E-state index is 0.672. The summed E-state index contributed by atoms with van der Waals surface area (Å²) in [5, 5.41) is 13.8. The number of hydrogen-bond acceptors (Lipinski definition) is 1. The van der Waals surface area contributed by atoms with Gasteiger partial charge in [-0.1, -0.05) is 140 Å². The molecule has 47 heavy (non-hydrogen) atoms. The number of nitrogens with zero attached hydrogens (tertiary/aromatic N) is 1. The van der Waals surface area contributed by atoms with E-state index in [1.54, 1.807) is 0 Å². The number of hydrogen-bond donors (Lipinski definition) is 0. The van der Waals surface area contributed by atoms with E-state index in [1.165, 1.54) is 54.2 Å². The highest BCUT2D eigenvalue weighted by molar-refractivity contribution is 6.32. The van der Waals surface area contributed by atoms with Gasteiger partial charge in [-0.3, -0.25) is 0 Å². The number of rotatable bonds is 2. The SMILES string of the molecule is [C-]#[N+]c1ccc(-c2c3ccccc3c(-c3cc4ccccc4c4c3oc3ccc5ccccc5c34)c3ccccc23)c2ccccc12. The molecule has 0 unspecified atom stereocenters. The number of furan rings is 1. The van der Waals surface area contributed by atoms with Gasteiger partial charge in [-0.05, 0) is 77.1 Å². The van der Waals surface area contributed by atoms with Gasteiger partial charge < -0.3 is 4.42 Å². The van der Waals surface area contributed by atoms with Crippen LogP contribution in [0.5, 0.6) is 0 Å². The molecule has 1 heterocycles. The van der Waals surface area contributed by atoms with Crippen LogP contribution in [0.3, 0.4) is 0 Å². The molecular weight excluding hydrogens is 571 g/mol. The normalized spacial score (nSPS) is 11.8. The summed E-state index contributed by atoms with van der Waals surface area (Å²) < 4.78 is 6.92. The van der Waals surface area contributed by atoms with E-state index in [1.807, 2.05) is 12.1 Å². The molecule has 10 aromatic rings. The van der Waals surface area contributed by atoms with E-state index in [9.17, 15) is 0 Å². The fraction of sp³-hybridized carbons (Fsp3) is 0. The van der Waals surface area contributed by atoms with Gasteiger partial charge in [-0.25, -0.2) is 4.85 Å². The molecule has 0 atom stereocenters. The second kappa shape index (κ2) is 9.78.